The lowest BCUT2D eigenvalue weighted by atomic mass is 10.2. The van der Waals surface area contributed by atoms with E-state index in [2.05, 4.69) is 0 Å². The van der Waals surface area contributed by atoms with Gasteiger partial charge in [-0.1, -0.05) is 6.07 Å². The lowest BCUT2D eigenvalue weighted by Gasteiger charge is -2.15. The van der Waals surface area contributed by atoms with Crippen LogP contribution in [0.1, 0.15) is 25.7 Å². The Labute approximate surface area is 110 Å². The zero-order valence-electron chi connectivity index (χ0n) is 10.1. The second kappa shape index (κ2) is 5.14. The van der Waals surface area contributed by atoms with E-state index in [-0.39, 0.29) is 22.4 Å². The molecule has 0 bridgehead atoms. The van der Waals surface area contributed by atoms with Gasteiger partial charge in [0, 0.05) is 6.07 Å². The van der Waals surface area contributed by atoms with E-state index < -0.39 is 14.9 Å². The Balaban J connectivity index is 2.49. The van der Waals surface area contributed by atoms with E-state index in [1.165, 1.54) is 18.2 Å². The van der Waals surface area contributed by atoms with Gasteiger partial charge in [0.05, 0.1) is 11.0 Å². The first-order chi connectivity index (χ1) is 8.89. The Morgan fingerprint density at radius 1 is 1.32 bits per heavy atom. The highest BCUT2D eigenvalue weighted by atomic mass is 32.2. The normalized spacial score (nSPS) is 16.5. The molecule has 1 aliphatic carbocycles. The van der Waals surface area contributed by atoms with Crippen molar-refractivity contribution < 1.29 is 18.1 Å². The molecule has 1 aromatic rings. The van der Waals surface area contributed by atoms with Crippen LogP contribution in [0.15, 0.2) is 23.1 Å². The molecule has 2 rings (SSSR count). The number of benzene rings is 1. The number of nitro benzene ring substituents is 1. The molecule has 19 heavy (non-hydrogen) atoms. The molecule has 1 aliphatic rings. The van der Waals surface area contributed by atoms with Crippen LogP contribution < -0.4 is 9.88 Å². The maximum Gasteiger partial charge on any atom is 0.312 e. The number of sulfonamides is 1. The Kier molecular flexibility index (Phi) is 3.72. The van der Waals surface area contributed by atoms with E-state index >= 15 is 0 Å². The molecule has 0 aliphatic heterocycles. The SMILES string of the molecule is NS(=O)(=O)c1cccc([N+](=O)[O-])c1OC1CCCC1. The standard InChI is InChI=1S/C11H14N2O5S/c12-19(16,17)10-7-3-6-9(13(14)15)11(10)18-8-4-1-2-5-8/h3,6-8H,1-2,4-5H2,(H2,12,16,17). The van der Waals surface area contributed by atoms with Crippen LogP contribution in [0.3, 0.4) is 0 Å². The van der Waals surface area contributed by atoms with Crippen molar-refractivity contribution >= 4 is 15.7 Å². The second-order valence-electron chi connectivity index (χ2n) is 4.43. The molecule has 0 heterocycles. The summed E-state index contributed by atoms with van der Waals surface area (Å²) in [4.78, 5) is 9.96. The number of rotatable bonds is 4. The molecule has 0 saturated heterocycles. The average molecular weight is 286 g/mol. The first-order valence-corrected chi connectivity index (χ1v) is 7.41. The quantitative estimate of drug-likeness (QED) is 0.666. The van der Waals surface area contributed by atoms with Crippen LogP contribution in [0.5, 0.6) is 5.75 Å². The van der Waals surface area contributed by atoms with Crippen molar-refractivity contribution in [1.82, 2.24) is 0 Å². The third-order valence-electron chi connectivity index (χ3n) is 3.05. The molecule has 7 nitrogen and oxygen atoms in total. The number of hydrogen-bond acceptors (Lipinski definition) is 5. The highest BCUT2D eigenvalue weighted by Crippen LogP contribution is 2.36. The summed E-state index contributed by atoms with van der Waals surface area (Å²) in [6, 6.07) is 3.70. The summed E-state index contributed by atoms with van der Waals surface area (Å²) < 4.78 is 28.5. The van der Waals surface area contributed by atoms with Gasteiger partial charge in [-0.05, 0) is 31.7 Å². The number of primary sulfonamides is 1. The van der Waals surface area contributed by atoms with Crippen LogP contribution in [-0.2, 0) is 10.0 Å². The molecular formula is C11H14N2O5S. The van der Waals surface area contributed by atoms with Gasteiger partial charge < -0.3 is 4.74 Å². The minimum atomic E-state index is -4.06. The van der Waals surface area contributed by atoms with Gasteiger partial charge in [-0.25, -0.2) is 13.6 Å². The Morgan fingerprint density at radius 3 is 2.47 bits per heavy atom. The molecule has 0 amide bonds. The smallest absolute Gasteiger partial charge is 0.312 e. The van der Waals surface area contributed by atoms with Crippen LogP contribution in [-0.4, -0.2) is 19.4 Å². The Bertz CT molecular complexity index is 593. The summed E-state index contributed by atoms with van der Waals surface area (Å²) >= 11 is 0. The highest BCUT2D eigenvalue weighted by Gasteiger charge is 2.28. The molecule has 1 saturated carbocycles. The molecule has 1 aromatic carbocycles. The van der Waals surface area contributed by atoms with E-state index in [1.807, 2.05) is 0 Å². The fourth-order valence-electron chi connectivity index (χ4n) is 2.16. The maximum atomic E-state index is 11.5. The number of nitrogens with zero attached hydrogens (tertiary/aromatic N) is 1. The van der Waals surface area contributed by atoms with E-state index in [9.17, 15) is 18.5 Å². The van der Waals surface area contributed by atoms with E-state index in [4.69, 9.17) is 9.88 Å². The van der Waals surface area contributed by atoms with Crippen molar-refractivity contribution in [3.63, 3.8) is 0 Å². The van der Waals surface area contributed by atoms with Crippen LogP contribution >= 0.6 is 0 Å². The van der Waals surface area contributed by atoms with Crippen molar-refractivity contribution in [1.29, 1.82) is 0 Å². The van der Waals surface area contributed by atoms with Crippen molar-refractivity contribution in [2.45, 2.75) is 36.7 Å². The topological polar surface area (TPSA) is 113 Å². The molecule has 0 radical (unpaired) electrons. The molecule has 2 N–H and O–H groups in total. The molecule has 0 unspecified atom stereocenters. The van der Waals surface area contributed by atoms with E-state index in [1.54, 1.807) is 0 Å². The van der Waals surface area contributed by atoms with Gasteiger partial charge in [0.25, 0.3) is 0 Å². The number of nitro groups is 1. The third kappa shape index (κ3) is 3.02. The minimum Gasteiger partial charge on any atom is -0.483 e. The fraction of sp³-hybridized carbons (Fsp3) is 0.455. The van der Waals surface area contributed by atoms with Crippen molar-refractivity contribution in [3.8, 4) is 5.75 Å². The minimum absolute atomic E-state index is 0.193. The van der Waals surface area contributed by atoms with Gasteiger partial charge in [-0.2, -0.15) is 0 Å². The summed E-state index contributed by atoms with van der Waals surface area (Å²) in [5.41, 5.74) is -0.376. The summed E-state index contributed by atoms with van der Waals surface area (Å²) in [6.45, 7) is 0. The maximum absolute atomic E-state index is 11.5. The second-order valence-corrected chi connectivity index (χ2v) is 5.96. The summed E-state index contributed by atoms with van der Waals surface area (Å²) in [5.74, 6) is -0.248. The zero-order chi connectivity index (χ0) is 14.0. The van der Waals surface area contributed by atoms with Crippen molar-refractivity contribution in [2.75, 3.05) is 0 Å². The molecule has 0 atom stereocenters. The van der Waals surface area contributed by atoms with E-state index in [0.29, 0.717) is 0 Å². The summed E-state index contributed by atoms with van der Waals surface area (Å²) in [6.07, 6.45) is 3.26. The Hall–Kier alpha value is -1.67. The monoisotopic (exact) mass is 286 g/mol. The highest BCUT2D eigenvalue weighted by molar-refractivity contribution is 7.89. The fourth-order valence-corrected chi connectivity index (χ4v) is 2.84. The molecule has 8 heteroatoms. The molecule has 0 spiro atoms. The molecule has 1 fully saturated rings. The van der Waals surface area contributed by atoms with E-state index in [0.717, 1.165) is 25.7 Å². The lowest BCUT2D eigenvalue weighted by Crippen LogP contribution is -2.18. The third-order valence-corrected chi connectivity index (χ3v) is 3.98. The first-order valence-electron chi connectivity index (χ1n) is 5.86. The van der Waals surface area contributed by atoms with Gasteiger partial charge in [0.2, 0.25) is 15.8 Å². The van der Waals surface area contributed by atoms with Crippen LogP contribution in [0.2, 0.25) is 0 Å². The average Bonchev–Trinajstić information content (AvgIpc) is 2.80. The van der Waals surface area contributed by atoms with Crippen LogP contribution in [0, 0.1) is 10.1 Å². The Morgan fingerprint density at radius 2 is 1.95 bits per heavy atom. The summed E-state index contributed by atoms with van der Waals surface area (Å²) in [5, 5.41) is 16.0. The lowest BCUT2D eigenvalue weighted by molar-refractivity contribution is -0.386. The van der Waals surface area contributed by atoms with Gasteiger partial charge in [0.15, 0.2) is 0 Å². The van der Waals surface area contributed by atoms with Crippen LogP contribution in [0.25, 0.3) is 0 Å². The van der Waals surface area contributed by atoms with Gasteiger partial charge in [0.1, 0.15) is 4.90 Å². The molecule has 0 aromatic heterocycles. The van der Waals surface area contributed by atoms with Crippen molar-refractivity contribution in [2.24, 2.45) is 5.14 Å². The predicted octanol–water partition coefficient (Wildman–Crippen LogP) is 1.56. The number of hydrogen-bond donors (Lipinski definition) is 1. The largest absolute Gasteiger partial charge is 0.483 e. The summed E-state index contributed by atoms with van der Waals surface area (Å²) in [7, 11) is -4.06. The van der Waals surface area contributed by atoms with Gasteiger partial charge >= 0.3 is 5.69 Å². The number of para-hydroxylation sites is 1. The number of nitrogens with two attached hydrogens (primary N) is 1. The van der Waals surface area contributed by atoms with Crippen LogP contribution in [0.4, 0.5) is 5.69 Å². The predicted molar refractivity (Wildman–Crippen MR) is 67.4 cm³/mol. The van der Waals surface area contributed by atoms with Gasteiger partial charge in [-0.3, -0.25) is 10.1 Å². The molecular weight excluding hydrogens is 272 g/mol. The zero-order valence-corrected chi connectivity index (χ0v) is 10.9. The first kappa shape index (κ1) is 13.8. The number of ether oxygens (including phenoxy) is 1. The van der Waals surface area contributed by atoms with Gasteiger partial charge in [-0.15, -0.1) is 0 Å². The molecule has 104 valence electrons. The van der Waals surface area contributed by atoms with Crippen molar-refractivity contribution in [3.05, 3.63) is 28.3 Å².